The summed E-state index contributed by atoms with van der Waals surface area (Å²) in [7, 11) is -3.66. The molecule has 24 heavy (non-hydrogen) atoms. The molecular weight excluding hydrogens is 364 g/mol. The van der Waals surface area contributed by atoms with Crippen molar-refractivity contribution in [1.82, 2.24) is 0 Å². The van der Waals surface area contributed by atoms with Gasteiger partial charge in [0.15, 0.2) is 0 Å². The summed E-state index contributed by atoms with van der Waals surface area (Å²) >= 11 is 7.90. The number of hydrogen-bond acceptors (Lipinski definition) is 4. The Morgan fingerprint density at radius 1 is 1.21 bits per heavy atom. The van der Waals surface area contributed by atoms with E-state index in [-0.39, 0.29) is 4.90 Å². The highest BCUT2D eigenvalue weighted by atomic mass is 35.5. The fourth-order valence-corrected chi connectivity index (χ4v) is 4.54. The van der Waals surface area contributed by atoms with Crippen molar-refractivity contribution in [3.05, 3.63) is 53.1 Å². The van der Waals surface area contributed by atoms with Crippen LogP contribution in [0.4, 0.5) is 5.69 Å². The zero-order valence-electron chi connectivity index (χ0n) is 13.1. The van der Waals surface area contributed by atoms with E-state index in [2.05, 4.69) is 4.90 Å². The van der Waals surface area contributed by atoms with Gasteiger partial charge < -0.3 is 4.90 Å². The van der Waals surface area contributed by atoms with Gasteiger partial charge in [-0.25, -0.2) is 13.6 Å². The Morgan fingerprint density at radius 3 is 2.75 bits per heavy atom. The average molecular weight is 383 g/mol. The van der Waals surface area contributed by atoms with E-state index >= 15 is 0 Å². The second kappa shape index (κ2) is 7.35. The lowest BCUT2D eigenvalue weighted by Crippen LogP contribution is -2.22. The summed E-state index contributed by atoms with van der Waals surface area (Å²) in [5.74, 6) is 0.963. The molecule has 1 heterocycles. The lowest BCUT2D eigenvalue weighted by molar-refractivity contribution is 0.598. The van der Waals surface area contributed by atoms with Gasteiger partial charge in [0.05, 0.1) is 9.92 Å². The van der Waals surface area contributed by atoms with Crippen LogP contribution < -0.4 is 10.0 Å². The van der Waals surface area contributed by atoms with Crippen LogP contribution in [0, 0.1) is 0 Å². The van der Waals surface area contributed by atoms with Crippen molar-refractivity contribution < 1.29 is 8.42 Å². The summed E-state index contributed by atoms with van der Waals surface area (Å²) in [6.07, 6.45) is 1.94. The number of nitrogens with zero attached hydrogens (tertiary/aromatic N) is 1. The third-order valence-electron chi connectivity index (χ3n) is 4.04. The van der Waals surface area contributed by atoms with Crippen LogP contribution in [0.25, 0.3) is 0 Å². The van der Waals surface area contributed by atoms with E-state index in [0.29, 0.717) is 0 Å². The van der Waals surface area contributed by atoms with Crippen molar-refractivity contribution in [3.8, 4) is 0 Å². The third-order valence-corrected chi connectivity index (χ3v) is 6.56. The molecule has 0 spiro atoms. The molecule has 1 aliphatic heterocycles. The minimum Gasteiger partial charge on any atom is -0.371 e. The molecule has 0 aromatic heterocycles. The van der Waals surface area contributed by atoms with Crippen molar-refractivity contribution in [2.24, 2.45) is 5.14 Å². The minimum absolute atomic E-state index is 0.179. The lowest BCUT2D eigenvalue weighted by Gasteiger charge is -2.19. The molecule has 4 nitrogen and oxygen atoms in total. The van der Waals surface area contributed by atoms with Crippen LogP contribution in [-0.4, -0.2) is 27.3 Å². The summed E-state index contributed by atoms with van der Waals surface area (Å²) in [4.78, 5) is 3.51. The normalized spacial score (nSPS) is 14.0. The quantitative estimate of drug-likeness (QED) is 0.613. The molecular formula is C17H19ClN2O2S2. The lowest BCUT2D eigenvalue weighted by atomic mass is 10.2. The SMILES string of the molecule is NS(=O)(=O)c1ccc2c(c1)N(CCCSc1ccccc1Cl)CC2. The first-order valence-corrected chi connectivity index (χ1v) is 10.6. The van der Waals surface area contributed by atoms with Gasteiger partial charge in [-0.1, -0.05) is 29.8 Å². The smallest absolute Gasteiger partial charge is 0.238 e. The second-order valence-electron chi connectivity index (χ2n) is 5.71. The van der Waals surface area contributed by atoms with Gasteiger partial charge in [0, 0.05) is 23.7 Å². The number of hydrogen-bond donors (Lipinski definition) is 1. The monoisotopic (exact) mass is 382 g/mol. The van der Waals surface area contributed by atoms with Crippen LogP contribution in [0.2, 0.25) is 5.02 Å². The van der Waals surface area contributed by atoms with E-state index in [1.54, 1.807) is 23.9 Å². The first-order valence-electron chi connectivity index (χ1n) is 7.73. The van der Waals surface area contributed by atoms with Gasteiger partial charge in [-0.2, -0.15) is 0 Å². The zero-order chi connectivity index (χ0) is 17.2. The number of primary sulfonamides is 1. The van der Waals surface area contributed by atoms with Crippen LogP contribution in [0.5, 0.6) is 0 Å². The average Bonchev–Trinajstić information content (AvgIpc) is 2.95. The Bertz CT molecular complexity index is 840. The van der Waals surface area contributed by atoms with E-state index in [9.17, 15) is 8.42 Å². The Labute approximate surface area is 152 Å². The summed E-state index contributed by atoms with van der Waals surface area (Å²) in [6.45, 7) is 1.80. The van der Waals surface area contributed by atoms with E-state index in [1.807, 2.05) is 30.3 Å². The highest BCUT2D eigenvalue weighted by Crippen LogP contribution is 2.31. The Kier molecular flexibility index (Phi) is 5.39. The molecule has 0 amide bonds. The van der Waals surface area contributed by atoms with Crippen LogP contribution in [0.1, 0.15) is 12.0 Å². The molecule has 0 bridgehead atoms. The number of benzene rings is 2. The van der Waals surface area contributed by atoms with E-state index in [0.717, 1.165) is 47.3 Å². The number of halogens is 1. The van der Waals surface area contributed by atoms with Crippen molar-refractivity contribution in [3.63, 3.8) is 0 Å². The molecule has 128 valence electrons. The number of rotatable bonds is 6. The number of fused-ring (bicyclic) bond motifs is 1. The largest absolute Gasteiger partial charge is 0.371 e. The molecule has 0 fully saturated rings. The molecule has 1 aliphatic rings. The highest BCUT2D eigenvalue weighted by molar-refractivity contribution is 7.99. The summed E-state index contributed by atoms with van der Waals surface area (Å²) < 4.78 is 23.1. The van der Waals surface area contributed by atoms with Crippen molar-refractivity contribution in [2.45, 2.75) is 22.6 Å². The fourth-order valence-electron chi connectivity index (χ4n) is 2.83. The van der Waals surface area contributed by atoms with Gasteiger partial charge in [-0.05, 0) is 48.4 Å². The maximum absolute atomic E-state index is 11.5. The van der Waals surface area contributed by atoms with Crippen LogP contribution in [-0.2, 0) is 16.4 Å². The van der Waals surface area contributed by atoms with Crippen LogP contribution in [0.15, 0.2) is 52.3 Å². The molecule has 7 heteroatoms. The van der Waals surface area contributed by atoms with Gasteiger partial charge in [-0.15, -0.1) is 11.8 Å². The third kappa shape index (κ3) is 4.06. The van der Waals surface area contributed by atoms with Crippen LogP contribution >= 0.6 is 23.4 Å². The molecule has 0 unspecified atom stereocenters. The number of anilines is 1. The summed E-state index contributed by atoms with van der Waals surface area (Å²) in [6, 6.07) is 13.0. The molecule has 2 aromatic rings. The predicted molar refractivity (Wildman–Crippen MR) is 101 cm³/mol. The predicted octanol–water partition coefficient (Wildman–Crippen LogP) is 3.53. The molecule has 0 atom stereocenters. The maximum Gasteiger partial charge on any atom is 0.238 e. The Hall–Kier alpha value is -1.21. The second-order valence-corrected chi connectivity index (χ2v) is 8.81. The molecule has 0 saturated carbocycles. The number of nitrogens with two attached hydrogens (primary N) is 1. The Morgan fingerprint density at radius 2 is 2.00 bits per heavy atom. The zero-order valence-corrected chi connectivity index (χ0v) is 15.5. The van der Waals surface area contributed by atoms with E-state index < -0.39 is 10.0 Å². The van der Waals surface area contributed by atoms with Gasteiger partial charge in [0.25, 0.3) is 0 Å². The highest BCUT2D eigenvalue weighted by Gasteiger charge is 2.21. The number of thioether (sulfide) groups is 1. The molecule has 3 rings (SSSR count). The van der Waals surface area contributed by atoms with Crippen molar-refractivity contribution in [1.29, 1.82) is 0 Å². The molecule has 2 aromatic carbocycles. The topological polar surface area (TPSA) is 63.4 Å². The van der Waals surface area contributed by atoms with Crippen LogP contribution in [0.3, 0.4) is 0 Å². The summed E-state index contributed by atoms with van der Waals surface area (Å²) in [5.41, 5.74) is 2.17. The molecule has 0 aliphatic carbocycles. The fraction of sp³-hybridized carbons (Fsp3) is 0.294. The van der Waals surface area contributed by atoms with E-state index in [1.165, 1.54) is 5.56 Å². The van der Waals surface area contributed by atoms with Gasteiger partial charge in [0.2, 0.25) is 10.0 Å². The molecule has 0 radical (unpaired) electrons. The Balaban J connectivity index is 1.60. The minimum atomic E-state index is -3.66. The standard InChI is InChI=1S/C17H19ClN2O2S2/c18-15-4-1-2-5-17(15)23-11-3-9-20-10-8-13-6-7-14(12-16(13)20)24(19,21)22/h1-2,4-7,12H,3,8-11H2,(H2,19,21,22). The molecule has 0 saturated heterocycles. The van der Waals surface area contributed by atoms with Crippen molar-refractivity contribution in [2.75, 3.05) is 23.7 Å². The van der Waals surface area contributed by atoms with Gasteiger partial charge in [-0.3, -0.25) is 0 Å². The number of sulfonamides is 1. The van der Waals surface area contributed by atoms with Crippen molar-refractivity contribution >= 4 is 39.1 Å². The molecule has 2 N–H and O–H groups in total. The van der Waals surface area contributed by atoms with Gasteiger partial charge >= 0.3 is 0 Å². The summed E-state index contributed by atoms with van der Waals surface area (Å²) in [5, 5.41) is 6.02. The van der Waals surface area contributed by atoms with Gasteiger partial charge in [0.1, 0.15) is 0 Å². The first-order chi connectivity index (χ1) is 11.4. The maximum atomic E-state index is 11.5. The first kappa shape index (κ1) is 17.6. The van der Waals surface area contributed by atoms with E-state index in [4.69, 9.17) is 16.7 Å².